The molecule has 0 aliphatic heterocycles. The van der Waals surface area contributed by atoms with Crippen LogP contribution in [-0.2, 0) is 17.6 Å². The van der Waals surface area contributed by atoms with Gasteiger partial charge < -0.3 is 14.3 Å². The number of aliphatic hydroxyl groups excluding tert-OH is 1. The Morgan fingerprint density at radius 2 is 2.05 bits per heavy atom. The Hall–Kier alpha value is -0.633. The lowest BCUT2D eigenvalue weighted by Gasteiger charge is -2.36. The van der Waals surface area contributed by atoms with Crippen LogP contribution in [0.3, 0.4) is 0 Å². The van der Waals surface area contributed by atoms with E-state index in [4.69, 9.17) is 14.4 Å². The van der Waals surface area contributed by atoms with Crippen LogP contribution < -0.4 is 4.74 Å². The van der Waals surface area contributed by atoms with Gasteiger partial charge in [-0.25, -0.2) is 0 Å². The van der Waals surface area contributed by atoms with Crippen LogP contribution in [0.1, 0.15) is 26.5 Å². The molecule has 6 nitrogen and oxygen atoms in total. The number of ether oxygens (including phenoxy) is 1. The Balaban J connectivity index is 2.76. The van der Waals surface area contributed by atoms with Gasteiger partial charge in [-0.1, -0.05) is 20.8 Å². The maximum atomic E-state index is 9.51. The summed E-state index contributed by atoms with van der Waals surface area (Å²) >= 11 is 2.07. The molecule has 0 aliphatic carbocycles. The second-order valence-electron chi connectivity index (χ2n) is 6.50. The molecule has 124 valence electrons. The molecule has 0 fully saturated rings. The number of halogens is 1. The summed E-state index contributed by atoms with van der Waals surface area (Å²) in [5.41, 5.74) is 0.687. The monoisotopic (exact) mass is 437 g/mol. The van der Waals surface area contributed by atoms with Crippen molar-refractivity contribution in [3.63, 3.8) is 0 Å². The fourth-order valence-corrected chi connectivity index (χ4v) is 3.33. The molecule has 8 heteroatoms. The smallest absolute Gasteiger partial charge is 0.247 e. The highest BCUT2D eigenvalue weighted by atomic mass is 127. The lowest BCUT2D eigenvalue weighted by molar-refractivity contribution is 0.242. The van der Waals surface area contributed by atoms with Crippen LogP contribution in [0.5, 0.6) is 5.88 Å². The fourth-order valence-electron chi connectivity index (χ4n) is 1.58. The number of nitriles is 1. The summed E-state index contributed by atoms with van der Waals surface area (Å²) < 4.78 is 13.8. The summed E-state index contributed by atoms with van der Waals surface area (Å²) in [7, 11) is -1.79. The molecule has 1 aromatic rings. The van der Waals surface area contributed by atoms with E-state index in [-0.39, 0.29) is 18.3 Å². The van der Waals surface area contributed by atoms with Crippen LogP contribution in [0, 0.1) is 14.9 Å². The molecule has 0 saturated carbocycles. The lowest BCUT2D eigenvalue weighted by atomic mass is 10.2. The average molecular weight is 437 g/mol. The minimum Gasteiger partial charge on any atom is -0.460 e. The quantitative estimate of drug-likeness (QED) is 0.524. The largest absolute Gasteiger partial charge is 0.460 e. The summed E-state index contributed by atoms with van der Waals surface area (Å²) in [6, 6.07) is 1.91. The van der Waals surface area contributed by atoms with E-state index >= 15 is 0 Å². The van der Waals surface area contributed by atoms with Gasteiger partial charge >= 0.3 is 0 Å². The van der Waals surface area contributed by atoms with Crippen LogP contribution in [0.4, 0.5) is 0 Å². The maximum Gasteiger partial charge on any atom is 0.247 e. The van der Waals surface area contributed by atoms with Crippen molar-refractivity contribution in [3.8, 4) is 11.9 Å². The van der Waals surface area contributed by atoms with Gasteiger partial charge in [0, 0.05) is 0 Å². The number of rotatable bonds is 7. The SMILES string of the molecule is CC(C)(C)[Si](C)(C)OCCn1nc(OCC#N)c(I)c1CO. The van der Waals surface area contributed by atoms with Gasteiger partial charge in [-0.2, -0.15) is 5.26 Å². The van der Waals surface area contributed by atoms with Crippen molar-refractivity contribution in [2.24, 2.45) is 0 Å². The first-order chi connectivity index (χ1) is 10.1. The van der Waals surface area contributed by atoms with E-state index in [0.717, 1.165) is 3.57 Å². The van der Waals surface area contributed by atoms with Crippen molar-refractivity contribution in [2.45, 2.75) is 52.1 Å². The van der Waals surface area contributed by atoms with Gasteiger partial charge in [0.05, 0.1) is 25.5 Å². The van der Waals surface area contributed by atoms with E-state index in [1.54, 1.807) is 4.68 Å². The lowest BCUT2D eigenvalue weighted by Crippen LogP contribution is -2.41. The molecule has 1 aromatic heterocycles. The van der Waals surface area contributed by atoms with Gasteiger partial charge in [-0.15, -0.1) is 5.10 Å². The van der Waals surface area contributed by atoms with Crippen molar-refractivity contribution in [1.29, 1.82) is 5.26 Å². The van der Waals surface area contributed by atoms with Gasteiger partial charge in [-0.3, -0.25) is 4.68 Å². The van der Waals surface area contributed by atoms with Crippen LogP contribution in [0.15, 0.2) is 0 Å². The van der Waals surface area contributed by atoms with E-state index in [1.807, 2.05) is 6.07 Å². The number of nitrogens with zero attached hydrogens (tertiary/aromatic N) is 3. The van der Waals surface area contributed by atoms with E-state index < -0.39 is 8.32 Å². The van der Waals surface area contributed by atoms with Gasteiger partial charge in [0.15, 0.2) is 14.9 Å². The molecule has 1 rings (SSSR count). The van der Waals surface area contributed by atoms with Crippen LogP contribution in [-0.4, -0.2) is 36.4 Å². The Bertz CT molecular complexity index is 547. The van der Waals surface area contributed by atoms with Crippen molar-refractivity contribution in [3.05, 3.63) is 9.26 Å². The predicted molar refractivity (Wildman–Crippen MR) is 95.1 cm³/mol. The topological polar surface area (TPSA) is 80.3 Å². The number of hydrogen-bond donors (Lipinski definition) is 1. The van der Waals surface area contributed by atoms with Gasteiger partial charge in [0.1, 0.15) is 9.64 Å². The summed E-state index contributed by atoms with van der Waals surface area (Å²) in [4.78, 5) is 0. The normalized spacial score (nSPS) is 12.3. The molecule has 0 aromatic carbocycles. The summed E-state index contributed by atoms with van der Waals surface area (Å²) in [6.45, 7) is 11.9. The van der Waals surface area contributed by atoms with Crippen molar-refractivity contribution in [2.75, 3.05) is 13.2 Å². The molecule has 0 saturated heterocycles. The standard InChI is InChI=1S/C14H24IN3O3Si/c1-14(2,3)22(4,5)21-9-7-18-11(10-19)12(15)13(17-18)20-8-6-16/h19H,7-10H2,1-5H3. The minimum atomic E-state index is -1.79. The van der Waals surface area contributed by atoms with E-state index in [1.165, 1.54) is 0 Å². The number of aliphatic hydroxyl groups is 1. The first kappa shape index (κ1) is 19.4. The Kier molecular flexibility index (Phi) is 6.85. The molecule has 0 spiro atoms. The van der Waals surface area contributed by atoms with Crippen LogP contribution >= 0.6 is 22.6 Å². The second kappa shape index (κ2) is 7.76. The Morgan fingerprint density at radius 3 is 2.55 bits per heavy atom. The van der Waals surface area contributed by atoms with E-state index in [9.17, 15) is 5.11 Å². The van der Waals surface area contributed by atoms with Crippen molar-refractivity contribution < 1.29 is 14.3 Å². The fraction of sp³-hybridized carbons (Fsp3) is 0.714. The van der Waals surface area contributed by atoms with Gasteiger partial charge in [-0.05, 0) is 40.7 Å². The zero-order chi connectivity index (χ0) is 17.0. The van der Waals surface area contributed by atoms with Gasteiger partial charge in [0.2, 0.25) is 5.88 Å². The highest BCUT2D eigenvalue weighted by Gasteiger charge is 2.37. The molecule has 1 N–H and O–H groups in total. The zero-order valence-corrected chi connectivity index (χ0v) is 17.0. The maximum absolute atomic E-state index is 9.51. The zero-order valence-electron chi connectivity index (χ0n) is 13.8. The third-order valence-electron chi connectivity index (χ3n) is 3.96. The van der Waals surface area contributed by atoms with Crippen LogP contribution in [0.25, 0.3) is 0 Å². The third kappa shape index (κ3) is 4.68. The molecule has 0 radical (unpaired) electrons. The first-order valence-electron chi connectivity index (χ1n) is 7.13. The van der Waals surface area contributed by atoms with Gasteiger partial charge in [0.25, 0.3) is 0 Å². The average Bonchev–Trinajstić information content (AvgIpc) is 2.70. The molecular weight excluding hydrogens is 413 g/mol. The summed E-state index contributed by atoms with van der Waals surface area (Å²) in [5.74, 6) is 0.388. The summed E-state index contributed by atoms with van der Waals surface area (Å²) in [5, 5.41) is 22.6. The number of aromatic nitrogens is 2. The van der Waals surface area contributed by atoms with Crippen molar-refractivity contribution >= 4 is 30.9 Å². The van der Waals surface area contributed by atoms with E-state index in [2.05, 4.69) is 61.6 Å². The van der Waals surface area contributed by atoms with E-state index in [0.29, 0.717) is 24.7 Å². The Morgan fingerprint density at radius 1 is 1.41 bits per heavy atom. The predicted octanol–water partition coefficient (Wildman–Crippen LogP) is 2.90. The second-order valence-corrected chi connectivity index (χ2v) is 12.4. The highest BCUT2D eigenvalue weighted by Crippen LogP contribution is 2.36. The Labute approximate surface area is 146 Å². The molecule has 1 heterocycles. The molecule has 0 unspecified atom stereocenters. The molecule has 0 bridgehead atoms. The third-order valence-corrected chi connectivity index (χ3v) is 9.58. The minimum absolute atomic E-state index is 0.0572. The number of hydrogen-bond acceptors (Lipinski definition) is 5. The summed E-state index contributed by atoms with van der Waals surface area (Å²) in [6.07, 6.45) is 0. The molecule has 22 heavy (non-hydrogen) atoms. The van der Waals surface area contributed by atoms with Crippen molar-refractivity contribution in [1.82, 2.24) is 9.78 Å². The molecular formula is C14H24IN3O3Si. The first-order valence-corrected chi connectivity index (χ1v) is 11.1. The molecule has 0 atom stereocenters. The van der Waals surface area contributed by atoms with Crippen LogP contribution in [0.2, 0.25) is 18.1 Å². The highest BCUT2D eigenvalue weighted by molar-refractivity contribution is 14.1. The molecule has 0 amide bonds. The molecule has 0 aliphatic rings.